The van der Waals surface area contributed by atoms with Crippen LogP contribution in [-0.2, 0) is 13.5 Å². The molecule has 0 aliphatic carbocycles. The molecule has 0 spiro atoms. The minimum absolute atomic E-state index is 0.0813. The van der Waals surface area contributed by atoms with E-state index in [2.05, 4.69) is 22.6 Å². The highest BCUT2D eigenvalue weighted by Gasteiger charge is 2.17. The second-order valence-electron chi connectivity index (χ2n) is 4.76. The van der Waals surface area contributed by atoms with Crippen LogP contribution in [0.2, 0.25) is 10.0 Å². The molecule has 0 amide bonds. The molecule has 0 aliphatic heterocycles. The summed E-state index contributed by atoms with van der Waals surface area (Å²) in [7, 11) is 1.86. The third kappa shape index (κ3) is 3.95. The fourth-order valence-corrected chi connectivity index (χ4v) is 2.52. The zero-order valence-electron chi connectivity index (χ0n) is 11.6. The molecule has 1 heterocycles. The van der Waals surface area contributed by atoms with Crippen LogP contribution in [0.3, 0.4) is 0 Å². The third-order valence-corrected chi connectivity index (χ3v) is 3.62. The molecule has 20 heavy (non-hydrogen) atoms. The maximum atomic E-state index is 6.30. The van der Waals surface area contributed by atoms with E-state index in [1.807, 2.05) is 25.4 Å². The summed E-state index contributed by atoms with van der Waals surface area (Å²) in [5.41, 5.74) is 1.93. The van der Waals surface area contributed by atoms with Gasteiger partial charge < -0.3 is 5.32 Å². The van der Waals surface area contributed by atoms with Gasteiger partial charge in [-0.3, -0.25) is 4.68 Å². The SMILES string of the molecule is CCCNC(Cc1cn(C)nn1)c1cc(Cl)ccc1Cl. The Morgan fingerprint density at radius 1 is 1.35 bits per heavy atom. The zero-order chi connectivity index (χ0) is 14.5. The number of aryl methyl sites for hydroxylation is 1. The summed E-state index contributed by atoms with van der Waals surface area (Å²) in [6.45, 7) is 3.04. The van der Waals surface area contributed by atoms with E-state index in [-0.39, 0.29) is 6.04 Å². The van der Waals surface area contributed by atoms with Crippen molar-refractivity contribution in [2.45, 2.75) is 25.8 Å². The van der Waals surface area contributed by atoms with Gasteiger partial charge in [0, 0.05) is 35.8 Å². The summed E-state index contributed by atoms with van der Waals surface area (Å²) in [6, 6.07) is 5.62. The second kappa shape index (κ2) is 7.07. The molecule has 0 fully saturated rings. The minimum atomic E-state index is 0.0813. The van der Waals surface area contributed by atoms with Crippen molar-refractivity contribution in [3.05, 3.63) is 45.7 Å². The normalized spacial score (nSPS) is 12.6. The van der Waals surface area contributed by atoms with E-state index in [1.165, 1.54) is 0 Å². The number of aromatic nitrogens is 3. The molecule has 1 unspecified atom stereocenters. The van der Waals surface area contributed by atoms with Crippen LogP contribution in [0.25, 0.3) is 0 Å². The van der Waals surface area contributed by atoms with E-state index in [9.17, 15) is 0 Å². The third-order valence-electron chi connectivity index (χ3n) is 3.04. The van der Waals surface area contributed by atoms with Crippen LogP contribution in [0.15, 0.2) is 24.4 Å². The first kappa shape index (κ1) is 15.3. The smallest absolute Gasteiger partial charge is 0.0845 e. The van der Waals surface area contributed by atoms with Crippen LogP contribution in [0, 0.1) is 0 Å². The quantitative estimate of drug-likeness (QED) is 0.889. The monoisotopic (exact) mass is 312 g/mol. The van der Waals surface area contributed by atoms with Gasteiger partial charge >= 0.3 is 0 Å². The van der Waals surface area contributed by atoms with Gasteiger partial charge in [-0.15, -0.1) is 5.10 Å². The molecular formula is C14H18Cl2N4. The maximum absolute atomic E-state index is 6.30. The Balaban J connectivity index is 2.24. The second-order valence-corrected chi connectivity index (χ2v) is 5.60. The molecule has 1 aromatic carbocycles. The van der Waals surface area contributed by atoms with E-state index < -0.39 is 0 Å². The topological polar surface area (TPSA) is 42.7 Å². The van der Waals surface area contributed by atoms with Gasteiger partial charge in [-0.05, 0) is 36.7 Å². The summed E-state index contributed by atoms with van der Waals surface area (Å²) in [4.78, 5) is 0. The highest BCUT2D eigenvalue weighted by molar-refractivity contribution is 6.33. The van der Waals surface area contributed by atoms with Crippen molar-refractivity contribution < 1.29 is 0 Å². The zero-order valence-corrected chi connectivity index (χ0v) is 13.1. The number of hydrogen-bond donors (Lipinski definition) is 1. The lowest BCUT2D eigenvalue weighted by Gasteiger charge is -2.19. The molecule has 1 aromatic heterocycles. The fraction of sp³-hybridized carbons (Fsp3) is 0.429. The van der Waals surface area contributed by atoms with Gasteiger partial charge in [0.1, 0.15) is 0 Å². The van der Waals surface area contributed by atoms with Crippen LogP contribution in [-0.4, -0.2) is 21.5 Å². The Bertz CT molecular complexity index is 568. The lowest BCUT2D eigenvalue weighted by atomic mass is 10.0. The van der Waals surface area contributed by atoms with E-state index in [0.29, 0.717) is 10.0 Å². The molecule has 108 valence electrons. The molecule has 2 rings (SSSR count). The van der Waals surface area contributed by atoms with Gasteiger partial charge in [0.25, 0.3) is 0 Å². The predicted molar refractivity (Wildman–Crippen MR) is 82.2 cm³/mol. The van der Waals surface area contributed by atoms with Crippen molar-refractivity contribution >= 4 is 23.2 Å². The van der Waals surface area contributed by atoms with Crippen LogP contribution in [0.4, 0.5) is 0 Å². The average Bonchev–Trinajstić information content (AvgIpc) is 2.83. The number of nitrogens with one attached hydrogen (secondary N) is 1. The highest BCUT2D eigenvalue weighted by Crippen LogP contribution is 2.28. The number of nitrogens with zero attached hydrogens (tertiary/aromatic N) is 3. The lowest BCUT2D eigenvalue weighted by Crippen LogP contribution is -2.24. The first-order valence-corrected chi connectivity index (χ1v) is 7.39. The van der Waals surface area contributed by atoms with E-state index >= 15 is 0 Å². The van der Waals surface area contributed by atoms with Gasteiger partial charge in [0.15, 0.2) is 0 Å². The van der Waals surface area contributed by atoms with Gasteiger partial charge in [-0.25, -0.2) is 0 Å². The predicted octanol–water partition coefficient (Wildman–Crippen LogP) is 3.41. The van der Waals surface area contributed by atoms with Crippen LogP contribution in [0.1, 0.15) is 30.6 Å². The fourth-order valence-electron chi connectivity index (χ4n) is 2.09. The maximum Gasteiger partial charge on any atom is 0.0845 e. The van der Waals surface area contributed by atoms with Crippen molar-refractivity contribution in [3.63, 3.8) is 0 Å². The molecule has 2 aromatic rings. The summed E-state index contributed by atoms with van der Waals surface area (Å²) >= 11 is 12.4. The first-order valence-electron chi connectivity index (χ1n) is 6.63. The molecule has 1 atom stereocenters. The van der Waals surface area contributed by atoms with E-state index in [4.69, 9.17) is 23.2 Å². The Hall–Kier alpha value is -1.10. The Labute approximate surface area is 129 Å². The molecule has 0 saturated carbocycles. The van der Waals surface area contributed by atoms with Crippen molar-refractivity contribution in [3.8, 4) is 0 Å². The van der Waals surface area contributed by atoms with Gasteiger partial charge in [-0.1, -0.05) is 35.3 Å². The molecular weight excluding hydrogens is 295 g/mol. The largest absolute Gasteiger partial charge is 0.310 e. The van der Waals surface area contributed by atoms with Crippen LogP contribution < -0.4 is 5.32 Å². The molecule has 0 aliphatic rings. The van der Waals surface area contributed by atoms with Gasteiger partial charge in [0.2, 0.25) is 0 Å². The molecule has 1 N–H and O–H groups in total. The Morgan fingerprint density at radius 2 is 2.15 bits per heavy atom. The number of rotatable bonds is 6. The minimum Gasteiger partial charge on any atom is -0.310 e. The number of benzene rings is 1. The van der Waals surface area contributed by atoms with Crippen molar-refractivity contribution in [2.75, 3.05) is 6.54 Å². The number of halogens is 2. The summed E-state index contributed by atoms with van der Waals surface area (Å²) in [5.74, 6) is 0. The van der Waals surface area contributed by atoms with E-state index in [1.54, 1.807) is 10.7 Å². The molecule has 6 heteroatoms. The molecule has 0 saturated heterocycles. The highest BCUT2D eigenvalue weighted by atomic mass is 35.5. The van der Waals surface area contributed by atoms with Crippen molar-refractivity contribution in [1.82, 2.24) is 20.3 Å². The van der Waals surface area contributed by atoms with Crippen molar-refractivity contribution in [1.29, 1.82) is 0 Å². The Kier molecular flexibility index (Phi) is 5.40. The van der Waals surface area contributed by atoms with Crippen molar-refractivity contribution in [2.24, 2.45) is 7.05 Å². The van der Waals surface area contributed by atoms with Crippen LogP contribution in [0.5, 0.6) is 0 Å². The summed E-state index contributed by atoms with van der Waals surface area (Å²) < 4.78 is 1.70. The number of hydrogen-bond acceptors (Lipinski definition) is 3. The lowest BCUT2D eigenvalue weighted by molar-refractivity contribution is 0.524. The molecule has 0 bridgehead atoms. The van der Waals surface area contributed by atoms with Gasteiger partial charge in [-0.2, -0.15) is 0 Å². The van der Waals surface area contributed by atoms with Gasteiger partial charge in [0.05, 0.1) is 5.69 Å². The molecule has 0 radical (unpaired) electrons. The molecule has 4 nitrogen and oxygen atoms in total. The van der Waals surface area contributed by atoms with E-state index in [0.717, 1.165) is 30.6 Å². The first-order chi connectivity index (χ1) is 9.60. The van der Waals surface area contributed by atoms with Crippen LogP contribution >= 0.6 is 23.2 Å². The average molecular weight is 313 g/mol. The summed E-state index contributed by atoms with van der Waals surface area (Å²) in [5, 5.41) is 13.0. The summed E-state index contributed by atoms with van der Waals surface area (Å²) in [6.07, 6.45) is 3.70. The standard InChI is InChI=1S/C14H18Cl2N4/c1-3-6-17-14(8-11-9-20(2)19-18-11)12-7-10(15)4-5-13(12)16/h4-5,7,9,14,17H,3,6,8H2,1-2H3. The Morgan fingerprint density at radius 3 is 2.80 bits per heavy atom.